The summed E-state index contributed by atoms with van der Waals surface area (Å²) in [6, 6.07) is 7.04. The first kappa shape index (κ1) is 17.7. The number of amides is 1. The minimum absolute atomic E-state index is 0.0378. The zero-order valence-electron chi connectivity index (χ0n) is 13.9. The Kier molecular flexibility index (Phi) is 4.81. The molecule has 1 aromatic carbocycles. The number of aromatic nitrogens is 2. The molecule has 0 aliphatic carbocycles. The number of rotatable bonds is 3. The van der Waals surface area contributed by atoms with Gasteiger partial charge >= 0.3 is 5.97 Å². The van der Waals surface area contributed by atoms with Crippen molar-refractivity contribution in [2.75, 3.05) is 19.7 Å². The molecular weight excluding hydrogens is 345 g/mol. The zero-order valence-corrected chi connectivity index (χ0v) is 13.9. The van der Waals surface area contributed by atoms with Gasteiger partial charge in [-0.2, -0.15) is 5.10 Å². The molecule has 136 valence electrons. The summed E-state index contributed by atoms with van der Waals surface area (Å²) in [4.78, 5) is 37.2. The van der Waals surface area contributed by atoms with Crippen molar-refractivity contribution in [1.82, 2.24) is 14.7 Å². The molecule has 8 nitrogen and oxygen atoms in total. The van der Waals surface area contributed by atoms with Crippen LogP contribution in [0.1, 0.15) is 16.2 Å². The summed E-state index contributed by atoms with van der Waals surface area (Å²) >= 11 is 0. The van der Waals surface area contributed by atoms with Gasteiger partial charge in [0, 0.05) is 18.3 Å². The van der Waals surface area contributed by atoms with Crippen LogP contribution >= 0.6 is 0 Å². The predicted octanol–water partition coefficient (Wildman–Crippen LogP) is 0.606. The van der Waals surface area contributed by atoms with E-state index in [4.69, 9.17) is 9.84 Å². The molecule has 1 saturated heterocycles. The summed E-state index contributed by atoms with van der Waals surface area (Å²) in [5.74, 6) is -2.46. The third kappa shape index (κ3) is 3.33. The van der Waals surface area contributed by atoms with E-state index in [9.17, 15) is 18.8 Å². The van der Waals surface area contributed by atoms with E-state index in [1.54, 1.807) is 13.0 Å². The number of para-hydroxylation sites is 1. The molecule has 1 fully saturated rings. The predicted molar refractivity (Wildman–Crippen MR) is 87.8 cm³/mol. The first-order valence-electron chi connectivity index (χ1n) is 7.88. The van der Waals surface area contributed by atoms with Gasteiger partial charge in [-0.1, -0.05) is 12.1 Å². The number of carboxylic acids is 1. The van der Waals surface area contributed by atoms with E-state index in [1.807, 2.05) is 0 Å². The van der Waals surface area contributed by atoms with Crippen molar-refractivity contribution >= 4 is 11.9 Å². The summed E-state index contributed by atoms with van der Waals surface area (Å²) in [6.07, 6.45) is -1.16. The van der Waals surface area contributed by atoms with E-state index in [0.717, 1.165) is 0 Å². The highest BCUT2D eigenvalue weighted by molar-refractivity contribution is 5.92. The highest BCUT2D eigenvalue weighted by Gasteiger charge is 2.31. The molecule has 0 saturated carbocycles. The van der Waals surface area contributed by atoms with Crippen LogP contribution in [0.15, 0.2) is 35.1 Å². The SMILES string of the molecule is Cc1cc(=O)c(C(=O)N2CCO[C@H](C(=O)O)C2)nn1-c1ccccc1F. The smallest absolute Gasteiger partial charge is 0.334 e. The minimum atomic E-state index is -1.19. The molecule has 1 atom stereocenters. The number of morpholine rings is 1. The van der Waals surface area contributed by atoms with E-state index < -0.39 is 34.9 Å². The first-order valence-corrected chi connectivity index (χ1v) is 7.88. The van der Waals surface area contributed by atoms with Crippen molar-refractivity contribution in [2.24, 2.45) is 0 Å². The van der Waals surface area contributed by atoms with Crippen LogP contribution in [0.5, 0.6) is 0 Å². The van der Waals surface area contributed by atoms with Crippen LogP contribution in [0.25, 0.3) is 5.69 Å². The first-order chi connectivity index (χ1) is 12.4. The molecule has 0 bridgehead atoms. The number of hydrogen-bond donors (Lipinski definition) is 1. The fourth-order valence-corrected chi connectivity index (χ4v) is 2.70. The van der Waals surface area contributed by atoms with Crippen LogP contribution in [0.3, 0.4) is 0 Å². The Hall–Kier alpha value is -3.07. The molecule has 1 N–H and O–H groups in total. The lowest BCUT2D eigenvalue weighted by Gasteiger charge is -2.30. The lowest BCUT2D eigenvalue weighted by molar-refractivity contribution is -0.154. The monoisotopic (exact) mass is 361 g/mol. The molecule has 26 heavy (non-hydrogen) atoms. The number of hydrogen-bond acceptors (Lipinski definition) is 5. The number of carbonyl (C=O) groups excluding carboxylic acids is 1. The maximum atomic E-state index is 14.1. The van der Waals surface area contributed by atoms with Crippen LogP contribution in [0.4, 0.5) is 4.39 Å². The highest BCUT2D eigenvalue weighted by atomic mass is 19.1. The summed E-state index contributed by atoms with van der Waals surface area (Å²) in [6.45, 7) is 1.56. The Morgan fingerprint density at radius 3 is 2.77 bits per heavy atom. The topological polar surface area (TPSA) is 102 Å². The second-order valence-electron chi connectivity index (χ2n) is 5.81. The van der Waals surface area contributed by atoms with Crippen molar-refractivity contribution in [3.63, 3.8) is 0 Å². The molecule has 0 unspecified atom stereocenters. The minimum Gasteiger partial charge on any atom is -0.479 e. The quantitative estimate of drug-likeness (QED) is 0.859. The van der Waals surface area contributed by atoms with Gasteiger partial charge in [0.2, 0.25) is 5.43 Å². The Morgan fingerprint density at radius 1 is 1.35 bits per heavy atom. The lowest BCUT2D eigenvalue weighted by Crippen LogP contribution is -2.49. The average molecular weight is 361 g/mol. The molecule has 1 aliphatic heterocycles. The van der Waals surface area contributed by atoms with Gasteiger partial charge in [0.1, 0.15) is 11.5 Å². The van der Waals surface area contributed by atoms with E-state index in [2.05, 4.69) is 5.10 Å². The van der Waals surface area contributed by atoms with Gasteiger partial charge in [-0.15, -0.1) is 0 Å². The van der Waals surface area contributed by atoms with E-state index in [0.29, 0.717) is 5.69 Å². The normalized spacial score (nSPS) is 17.2. The van der Waals surface area contributed by atoms with Gasteiger partial charge in [0.05, 0.1) is 13.2 Å². The highest BCUT2D eigenvalue weighted by Crippen LogP contribution is 2.14. The largest absolute Gasteiger partial charge is 0.479 e. The maximum absolute atomic E-state index is 14.1. The molecule has 1 aromatic heterocycles. The number of aryl methyl sites for hydroxylation is 1. The van der Waals surface area contributed by atoms with Crippen molar-refractivity contribution in [2.45, 2.75) is 13.0 Å². The zero-order chi connectivity index (χ0) is 18.8. The molecule has 1 amide bonds. The van der Waals surface area contributed by atoms with Crippen molar-refractivity contribution in [3.05, 3.63) is 57.8 Å². The molecule has 0 radical (unpaired) electrons. The second-order valence-corrected chi connectivity index (χ2v) is 5.81. The van der Waals surface area contributed by atoms with Crippen LogP contribution in [-0.4, -0.2) is 57.5 Å². The number of ether oxygens (including phenoxy) is 1. The molecule has 2 aromatic rings. The van der Waals surface area contributed by atoms with Gasteiger partial charge in [0.25, 0.3) is 5.91 Å². The Bertz CT molecular complexity index is 927. The number of carboxylic acid groups (broad SMARTS) is 1. The number of halogens is 1. The third-order valence-corrected chi connectivity index (χ3v) is 4.02. The molecule has 0 spiro atoms. The number of carbonyl (C=O) groups is 2. The molecular formula is C17H16FN3O5. The number of nitrogens with zero attached hydrogens (tertiary/aromatic N) is 3. The van der Waals surface area contributed by atoms with Gasteiger partial charge in [-0.3, -0.25) is 9.59 Å². The summed E-state index contributed by atoms with van der Waals surface area (Å²) < 4.78 is 20.3. The number of aliphatic carboxylic acids is 1. The van der Waals surface area contributed by atoms with Crippen LogP contribution in [0, 0.1) is 12.7 Å². The molecule has 3 rings (SSSR count). The van der Waals surface area contributed by atoms with Gasteiger partial charge in [-0.05, 0) is 19.1 Å². The van der Waals surface area contributed by atoms with Crippen molar-refractivity contribution < 1.29 is 23.8 Å². The van der Waals surface area contributed by atoms with Crippen molar-refractivity contribution in [3.8, 4) is 5.69 Å². The molecule has 2 heterocycles. The van der Waals surface area contributed by atoms with Crippen LogP contribution in [0.2, 0.25) is 0 Å². The van der Waals surface area contributed by atoms with E-state index in [1.165, 1.54) is 33.8 Å². The van der Waals surface area contributed by atoms with Crippen LogP contribution in [-0.2, 0) is 9.53 Å². The number of benzene rings is 1. The standard InChI is InChI=1S/C17H16FN3O5/c1-10-8-13(22)15(19-21(10)12-5-3-2-4-11(12)18)16(23)20-6-7-26-14(9-20)17(24)25/h2-5,8,14H,6-7,9H2,1H3,(H,24,25)/t14-/m0/s1. The van der Waals surface area contributed by atoms with Gasteiger partial charge in [-0.25, -0.2) is 13.9 Å². The van der Waals surface area contributed by atoms with E-state index >= 15 is 0 Å². The molecule has 9 heteroatoms. The maximum Gasteiger partial charge on any atom is 0.334 e. The average Bonchev–Trinajstić information content (AvgIpc) is 2.62. The summed E-state index contributed by atoms with van der Waals surface area (Å²) in [7, 11) is 0. The van der Waals surface area contributed by atoms with Crippen LogP contribution < -0.4 is 5.43 Å². The second kappa shape index (κ2) is 7.04. The fraction of sp³-hybridized carbons (Fsp3) is 0.294. The van der Waals surface area contributed by atoms with E-state index in [-0.39, 0.29) is 25.4 Å². The van der Waals surface area contributed by atoms with Crippen molar-refractivity contribution in [1.29, 1.82) is 0 Å². The Balaban J connectivity index is 1.99. The summed E-state index contributed by atoms with van der Waals surface area (Å²) in [5.41, 5.74) is -0.546. The lowest BCUT2D eigenvalue weighted by atomic mass is 10.2. The fourth-order valence-electron chi connectivity index (χ4n) is 2.70. The Labute approximate surface area is 147 Å². The van der Waals surface area contributed by atoms with Gasteiger partial charge in [0.15, 0.2) is 11.8 Å². The third-order valence-electron chi connectivity index (χ3n) is 4.02. The molecule has 1 aliphatic rings. The Morgan fingerprint density at radius 2 is 2.08 bits per heavy atom. The summed E-state index contributed by atoms with van der Waals surface area (Å²) in [5, 5.41) is 13.1. The van der Waals surface area contributed by atoms with Gasteiger partial charge < -0.3 is 14.7 Å².